The van der Waals surface area contributed by atoms with Crippen molar-refractivity contribution in [2.75, 3.05) is 0 Å². The van der Waals surface area contributed by atoms with Crippen LogP contribution in [0.3, 0.4) is 0 Å². The highest BCUT2D eigenvalue weighted by Gasteiger charge is 2.54. The van der Waals surface area contributed by atoms with Gasteiger partial charge in [0, 0.05) is 16.7 Å². The summed E-state index contributed by atoms with van der Waals surface area (Å²) in [6, 6.07) is 8.02. The minimum absolute atomic E-state index is 0.0245. The number of carboxylic acid groups (broad SMARTS) is 1. The number of hydrogen-bond acceptors (Lipinski definition) is 5. The molecule has 0 radical (unpaired) electrons. The molecule has 0 saturated heterocycles. The van der Waals surface area contributed by atoms with Gasteiger partial charge >= 0.3 is 11.9 Å². The maximum absolute atomic E-state index is 13.8. The van der Waals surface area contributed by atoms with Crippen molar-refractivity contribution in [3.63, 3.8) is 0 Å². The van der Waals surface area contributed by atoms with Crippen LogP contribution in [-0.2, 0) is 36.0 Å². The number of phenolic OH excluding ortho intramolecular Hbond substituents is 2. The lowest BCUT2D eigenvalue weighted by atomic mass is 9.72. The summed E-state index contributed by atoms with van der Waals surface area (Å²) in [7, 11) is 0. The van der Waals surface area contributed by atoms with Crippen LogP contribution in [0.1, 0.15) is 113 Å². The minimum Gasteiger partial charge on any atom is -0.507 e. The zero-order valence-electron chi connectivity index (χ0n) is 23.9. The standard InChI is InChI=1S/C33H36Br2O6/c1-5-9-18-16-25(36)29(34)27(21(18)11-7-3)33(24-14-13-20(31(38)39)15-23(24)32(40)41-33)28-22(12-8-4)19(10-6-2)17-26(37)30(28)35/h13-17,36-37H,5-12H2,1-4H3,(H,38,39). The van der Waals surface area contributed by atoms with Gasteiger partial charge in [0.25, 0.3) is 0 Å². The number of esters is 1. The highest BCUT2D eigenvalue weighted by atomic mass is 79.9. The first-order valence-electron chi connectivity index (χ1n) is 14.3. The predicted octanol–water partition coefficient (Wildman–Crippen LogP) is 8.59. The van der Waals surface area contributed by atoms with Gasteiger partial charge in [-0.15, -0.1) is 0 Å². The second-order valence-electron chi connectivity index (χ2n) is 10.6. The minimum atomic E-state index is -1.57. The number of carbonyl (C=O) groups is 2. The Kier molecular flexibility index (Phi) is 9.54. The Morgan fingerprint density at radius 1 is 0.780 bits per heavy atom. The average Bonchev–Trinajstić information content (AvgIpc) is 3.22. The third kappa shape index (κ3) is 5.29. The molecule has 3 aromatic rings. The molecule has 0 unspecified atom stereocenters. The lowest BCUT2D eigenvalue weighted by molar-refractivity contribution is 0.0240. The van der Waals surface area contributed by atoms with Crippen molar-refractivity contribution in [2.24, 2.45) is 0 Å². The number of hydrogen-bond donors (Lipinski definition) is 3. The number of ether oxygens (including phenoxy) is 1. The normalized spacial score (nSPS) is 13.8. The van der Waals surface area contributed by atoms with E-state index < -0.39 is 17.5 Å². The second-order valence-corrected chi connectivity index (χ2v) is 12.2. The zero-order chi connectivity index (χ0) is 30.1. The van der Waals surface area contributed by atoms with Crippen LogP contribution in [0.2, 0.25) is 0 Å². The van der Waals surface area contributed by atoms with Crippen LogP contribution < -0.4 is 0 Å². The van der Waals surface area contributed by atoms with Gasteiger partial charge in [0.1, 0.15) is 11.5 Å². The van der Waals surface area contributed by atoms with Crippen molar-refractivity contribution >= 4 is 43.8 Å². The molecule has 8 heteroatoms. The van der Waals surface area contributed by atoms with E-state index in [1.807, 2.05) is 0 Å². The molecule has 0 saturated carbocycles. The number of aromatic hydroxyl groups is 2. The van der Waals surface area contributed by atoms with E-state index in [2.05, 4.69) is 59.6 Å². The van der Waals surface area contributed by atoms with Gasteiger partial charge in [0.15, 0.2) is 5.60 Å². The van der Waals surface area contributed by atoms with E-state index in [0.29, 0.717) is 51.3 Å². The third-order valence-electron chi connectivity index (χ3n) is 7.74. The Morgan fingerprint density at radius 3 is 1.66 bits per heavy atom. The van der Waals surface area contributed by atoms with Gasteiger partial charge in [0.2, 0.25) is 0 Å². The quantitative estimate of drug-likeness (QED) is 0.175. The maximum Gasteiger partial charge on any atom is 0.340 e. The first kappa shape index (κ1) is 31.1. The fourth-order valence-corrected chi connectivity index (χ4v) is 7.43. The Balaban J connectivity index is 2.30. The maximum atomic E-state index is 13.8. The van der Waals surface area contributed by atoms with Gasteiger partial charge in [-0.25, -0.2) is 9.59 Å². The lowest BCUT2D eigenvalue weighted by Gasteiger charge is -2.37. The number of benzene rings is 3. The SMILES string of the molecule is CCCc1cc(O)c(Br)c(C2(c3c(Br)c(O)cc(CCC)c3CCC)OC(=O)c3cc(C(=O)O)ccc32)c1CCC. The van der Waals surface area contributed by atoms with E-state index in [9.17, 15) is 24.9 Å². The molecule has 1 aliphatic rings. The van der Waals surface area contributed by atoms with Crippen LogP contribution in [0.15, 0.2) is 39.3 Å². The zero-order valence-corrected chi connectivity index (χ0v) is 27.0. The topological polar surface area (TPSA) is 104 Å². The summed E-state index contributed by atoms with van der Waals surface area (Å²) in [5, 5.41) is 32.2. The number of cyclic esters (lactones) is 1. The second kappa shape index (κ2) is 12.6. The smallest absolute Gasteiger partial charge is 0.340 e. The summed E-state index contributed by atoms with van der Waals surface area (Å²) in [6.07, 6.45) is 6.05. The van der Waals surface area contributed by atoms with E-state index in [1.165, 1.54) is 12.1 Å². The van der Waals surface area contributed by atoms with Crippen LogP contribution in [0.5, 0.6) is 11.5 Å². The molecule has 0 aromatic heterocycles. The molecule has 4 rings (SSSR count). The molecule has 0 aliphatic carbocycles. The number of aromatic carboxylic acids is 1. The molecule has 1 aliphatic heterocycles. The highest BCUT2D eigenvalue weighted by Crippen LogP contribution is 2.57. The molecular formula is C33H36Br2O6. The Bertz CT molecular complexity index is 1440. The van der Waals surface area contributed by atoms with Crippen LogP contribution in [0, 0.1) is 0 Å². The van der Waals surface area contributed by atoms with Crippen LogP contribution in [0.25, 0.3) is 0 Å². The summed E-state index contributed by atoms with van der Waals surface area (Å²) in [5.74, 6) is -1.76. The van der Waals surface area contributed by atoms with Gasteiger partial charge in [-0.3, -0.25) is 0 Å². The first-order chi connectivity index (χ1) is 19.6. The fourth-order valence-electron chi connectivity index (χ4n) is 6.16. The summed E-state index contributed by atoms with van der Waals surface area (Å²) in [4.78, 5) is 25.7. The van der Waals surface area contributed by atoms with E-state index in [0.717, 1.165) is 47.9 Å². The van der Waals surface area contributed by atoms with Crippen molar-refractivity contribution in [2.45, 2.75) is 84.7 Å². The third-order valence-corrected chi connectivity index (χ3v) is 9.35. The number of rotatable bonds is 11. The van der Waals surface area contributed by atoms with Crippen molar-refractivity contribution in [3.8, 4) is 11.5 Å². The van der Waals surface area contributed by atoms with Crippen LogP contribution in [-0.4, -0.2) is 27.3 Å². The molecule has 0 atom stereocenters. The van der Waals surface area contributed by atoms with Gasteiger partial charge in [-0.1, -0.05) is 59.4 Å². The summed E-state index contributed by atoms with van der Waals surface area (Å²) >= 11 is 7.36. The van der Waals surface area contributed by atoms with Gasteiger partial charge < -0.3 is 20.1 Å². The van der Waals surface area contributed by atoms with E-state index in [1.54, 1.807) is 18.2 Å². The van der Waals surface area contributed by atoms with Crippen LogP contribution >= 0.6 is 31.9 Å². The number of carbonyl (C=O) groups excluding carboxylic acids is 1. The number of halogens is 2. The first-order valence-corrected chi connectivity index (χ1v) is 15.8. The molecule has 0 amide bonds. The number of aryl methyl sites for hydroxylation is 2. The largest absolute Gasteiger partial charge is 0.507 e. The lowest BCUT2D eigenvalue weighted by Crippen LogP contribution is -2.34. The number of carboxylic acids is 1. The summed E-state index contributed by atoms with van der Waals surface area (Å²) in [6.45, 7) is 8.30. The van der Waals surface area contributed by atoms with Gasteiger partial charge in [-0.05, 0) is 104 Å². The monoisotopic (exact) mass is 686 g/mol. The summed E-state index contributed by atoms with van der Waals surface area (Å²) < 4.78 is 7.33. The van der Waals surface area contributed by atoms with Crippen molar-refractivity contribution in [3.05, 3.63) is 89.3 Å². The van der Waals surface area contributed by atoms with Gasteiger partial charge in [-0.2, -0.15) is 0 Å². The van der Waals surface area contributed by atoms with Crippen molar-refractivity contribution in [1.82, 2.24) is 0 Å². The molecule has 3 aromatic carbocycles. The highest BCUT2D eigenvalue weighted by molar-refractivity contribution is 9.11. The van der Waals surface area contributed by atoms with Gasteiger partial charge in [0.05, 0.1) is 20.1 Å². The fraction of sp³-hybridized carbons (Fsp3) is 0.394. The molecule has 6 nitrogen and oxygen atoms in total. The molecular weight excluding hydrogens is 652 g/mol. The van der Waals surface area contributed by atoms with Crippen molar-refractivity contribution in [1.29, 1.82) is 0 Å². The molecule has 0 fully saturated rings. The Hall–Kier alpha value is -2.84. The van der Waals surface area contributed by atoms with E-state index in [4.69, 9.17) is 4.74 Å². The molecule has 1 heterocycles. The molecule has 3 N–H and O–H groups in total. The number of fused-ring (bicyclic) bond motifs is 1. The number of phenols is 2. The van der Waals surface area contributed by atoms with E-state index in [-0.39, 0.29) is 22.6 Å². The average molecular weight is 688 g/mol. The summed E-state index contributed by atoms with van der Waals surface area (Å²) in [5.41, 5.74) is 4.05. The molecule has 0 bridgehead atoms. The predicted molar refractivity (Wildman–Crippen MR) is 166 cm³/mol. The molecule has 0 spiro atoms. The van der Waals surface area contributed by atoms with Crippen LogP contribution in [0.4, 0.5) is 0 Å². The van der Waals surface area contributed by atoms with E-state index >= 15 is 0 Å². The Morgan fingerprint density at radius 2 is 1.24 bits per heavy atom. The Labute approximate surface area is 258 Å². The van der Waals surface area contributed by atoms with Crippen molar-refractivity contribution < 1.29 is 29.6 Å². The molecule has 41 heavy (non-hydrogen) atoms. The molecule has 218 valence electrons.